The van der Waals surface area contributed by atoms with Gasteiger partial charge in [-0.25, -0.2) is 9.97 Å². The number of carbonyl (C=O) groups is 1. The first-order valence-electron chi connectivity index (χ1n) is 11.2. The highest BCUT2D eigenvalue weighted by molar-refractivity contribution is 5.93. The van der Waals surface area contributed by atoms with Crippen LogP contribution < -0.4 is 20.7 Å². The van der Waals surface area contributed by atoms with Gasteiger partial charge in [-0.15, -0.1) is 0 Å². The van der Waals surface area contributed by atoms with E-state index in [0.717, 1.165) is 42.6 Å². The van der Waals surface area contributed by atoms with E-state index in [1.807, 2.05) is 31.2 Å². The van der Waals surface area contributed by atoms with E-state index < -0.39 is 5.91 Å². The van der Waals surface area contributed by atoms with Gasteiger partial charge in [-0.1, -0.05) is 18.2 Å². The molecule has 1 aliphatic heterocycles. The molecule has 8 nitrogen and oxygen atoms in total. The number of nitrogens with zero attached hydrogens (tertiary/aromatic N) is 3. The fourth-order valence-electron chi connectivity index (χ4n) is 4.05. The van der Waals surface area contributed by atoms with Crippen molar-refractivity contribution in [2.45, 2.75) is 32.4 Å². The third-order valence-corrected chi connectivity index (χ3v) is 5.82. The van der Waals surface area contributed by atoms with Gasteiger partial charge in [0.15, 0.2) is 11.5 Å². The number of hydrogen-bond acceptors (Lipinski definition) is 7. The minimum atomic E-state index is -0.451. The van der Waals surface area contributed by atoms with Gasteiger partial charge in [0, 0.05) is 36.1 Å². The van der Waals surface area contributed by atoms with Gasteiger partial charge in [-0.2, -0.15) is 0 Å². The van der Waals surface area contributed by atoms with Gasteiger partial charge >= 0.3 is 0 Å². The lowest BCUT2D eigenvalue weighted by Crippen LogP contribution is -2.43. The van der Waals surface area contributed by atoms with Crippen LogP contribution in [0.5, 0.6) is 11.5 Å². The summed E-state index contributed by atoms with van der Waals surface area (Å²) in [5.41, 5.74) is 8.59. The number of hydrogen-bond donors (Lipinski definition) is 3. The number of primary amides is 1. The Kier molecular flexibility index (Phi) is 7.04. The zero-order valence-corrected chi connectivity index (χ0v) is 18.7. The predicted molar refractivity (Wildman–Crippen MR) is 127 cm³/mol. The summed E-state index contributed by atoms with van der Waals surface area (Å²) in [5, 5.41) is 13.5. The first-order valence-corrected chi connectivity index (χ1v) is 11.2. The zero-order valence-electron chi connectivity index (χ0n) is 18.7. The SMILES string of the molecule is CCOc1cc(CN(c2ncc(-c3ccc(C(N)=O)cc3)cn2)C2CCNCC2)ccc1O. The summed E-state index contributed by atoms with van der Waals surface area (Å²) in [6.07, 6.45) is 5.60. The Morgan fingerprint density at radius 3 is 2.45 bits per heavy atom. The van der Waals surface area contributed by atoms with Crippen LogP contribution in [0.2, 0.25) is 0 Å². The van der Waals surface area contributed by atoms with E-state index in [9.17, 15) is 9.90 Å². The number of piperidine rings is 1. The van der Waals surface area contributed by atoms with Crippen LogP contribution in [0.1, 0.15) is 35.7 Å². The Labute approximate surface area is 193 Å². The van der Waals surface area contributed by atoms with E-state index in [1.54, 1.807) is 30.6 Å². The Morgan fingerprint density at radius 1 is 1.12 bits per heavy atom. The Morgan fingerprint density at radius 2 is 1.82 bits per heavy atom. The van der Waals surface area contributed by atoms with Crippen LogP contribution >= 0.6 is 0 Å². The van der Waals surface area contributed by atoms with Gasteiger partial charge in [0.2, 0.25) is 11.9 Å². The summed E-state index contributed by atoms with van der Waals surface area (Å²) in [6.45, 7) is 4.89. The van der Waals surface area contributed by atoms with Crippen molar-refractivity contribution in [1.82, 2.24) is 15.3 Å². The summed E-state index contributed by atoms with van der Waals surface area (Å²) in [5.74, 6) is 0.825. The Hall–Kier alpha value is -3.65. The molecule has 4 rings (SSSR count). The van der Waals surface area contributed by atoms with Gasteiger partial charge in [0.05, 0.1) is 6.61 Å². The van der Waals surface area contributed by atoms with E-state index in [4.69, 9.17) is 10.5 Å². The largest absolute Gasteiger partial charge is 0.504 e. The highest BCUT2D eigenvalue weighted by atomic mass is 16.5. The Balaban J connectivity index is 1.59. The van der Waals surface area contributed by atoms with Crippen molar-refractivity contribution >= 4 is 11.9 Å². The summed E-state index contributed by atoms with van der Waals surface area (Å²) in [6, 6.07) is 12.8. The monoisotopic (exact) mass is 447 g/mol. The number of aromatic nitrogens is 2. The van der Waals surface area contributed by atoms with Crippen LogP contribution in [-0.4, -0.2) is 46.7 Å². The maximum absolute atomic E-state index is 11.3. The van der Waals surface area contributed by atoms with Crippen molar-refractivity contribution in [3.05, 3.63) is 66.0 Å². The molecule has 1 aromatic heterocycles. The molecule has 1 amide bonds. The number of ether oxygens (including phenoxy) is 1. The molecule has 3 aromatic rings. The maximum atomic E-state index is 11.3. The third-order valence-electron chi connectivity index (χ3n) is 5.82. The fraction of sp³-hybridized carbons (Fsp3) is 0.320. The predicted octanol–water partition coefficient (Wildman–Crippen LogP) is 3.11. The van der Waals surface area contributed by atoms with Gasteiger partial charge in [0.1, 0.15) is 0 Å². The molecule has 1 fully saturated rings. The van der Waals surface area contributed by atoms with Crippen molar-refractivity contribution in [2.75, 3.05) is 24.6 Å². The molecule has 1 saturated heterocycles. The normalized spacial score (nSPS) is 14.1. The van der Waals surface area contributed by atoms with Gasteiger partial charge in [-0.3, -0.25) is 4.79 Å². The molecule has 2 heterocycles. The number of anilines is 1. The van der Waals surface area contributed by atoms with Gasteiger partial charge in [0.25, 0.3) is 0 Å². The number of aromatic hydroxyl groups is 1. The number of phenolic OH excluding ortho intramolecular Hbond substituents is 1. The zero-order chi connectivity index (χ0) is 23.2. The molecule has 8 heteroatoms. The molecular formula is C25H29N5O3. The summed E-state index contributed by atoms with van der Waals surface area (Å²) < 4.78 is 5.56. The number of amides is 1. The minimum Gasteiger partial charge on any atom is -0.504 e. The second kappa shape index (κ2) is 10.3. The van der Waals surface area contributed by atoms with E-state index in [0.29, 0.717) is 36.5 Å². The summed E-state index contributed by atoms with van der Waals surface area (Å²) >= 11 is 0. The number of phenols is 1. The number of nitrogens with one attached hydrogen (secondary N) is 1. The standard InChI is InChI=1S/C25H29N5O3/c1-2-33-23-13-17(3-8-22(23)31)16-30(21-9-11-27-12-10-21)25-28-14-20(15-29-25)18-4-6-19(7-5-18)24(26)32/h3-8,13-15,21,27,31H,2,9-12,16H2,1H3,(H2,26,32). The molecule has 172 valence electrons. The van der Waals surface area contributed by atoms with Crippen LogP contribution in [0.3, 0.4) is 0 Å². The van der Waals surface area contributed by atoms with E-state index >= 15 is 0 Å². The molecule has 4 N–H and O–H groups in total. The van der Waals surface area contributed by atoms with Crippen molar-refractivity contribution in [3.8, 4) is 22.6 Å². The highest BCUT2D eigenvalue weighted by Crippen LogP contribution is 2.29. The topological polar surface area (TPSA) is 114 Å². The quantitative estimate of drug-likeness (QED) is 0.486. The van der Waals surface area contributed by atoms with Crippen LogP contribution in [-0.2, 0) is 6.54 Å². The second-order valence-corrected chi connectivity index (χ2v) is 8.06. The van der Waals surface area contributed by atoms with Crippen LogP contribution in [0, 0.1) is 0 Å². The van der Waals surface area contributed by atoms with Crippen LogP contribution in [0.4, 0.5) is 5.95 Å². The van der Waals surface area contributed by atoms with Crippen molar-refractivity contribution < 1.29 is 14.6 Å². The summed E-state index contributed by atoms with van der Waals surface area (Å²) in [7, 11) is 0. The van der Waals surface area contributed by atoms with Crippen molar-refractivity contribution in [1.29, 1.82) is 0 Å². The van der Waals surface area contributed by atoms with Gasteiger partial charge in [-0.05, 0) is 68.2 Å². The molecule has 0 aliphatic carbocycles. The lowest BCUT2D eigenvalue weighted by molar-refractivity contribution is 0.100. The molecule has 1 aliphatic rings. The van der Waals surface area contributed by atoms with E-state index in [-0.39, 0.29) is 5.75 Å². The molecular weight excluding hydrogens is 418 g/mol. The lowest BCUT2D eigenvalue weighted by Gasteiger charge is -2.35. The first kappa shape index (κ1) is 22.5. The fourth-order valence-corrected chi connectivity index (χ4v) is 4.05. The average molecular weight is 448 g/mol. The van der Waals surface area contributed by atoms with Gasteiger partial charge < -0.3 is 25.8 Å². The lowest BCUT2D eigenvalue weighted by atomic mass is 10.0. The molecule has 0 bridgehead atoms. The maximum Gasteiger partial charge on any atom is 0.248 e. The average Bonchev–Trinajstić information content (AvgIpc) is 2.85. The molecule has 33 heavy (non-hydrogen) atoms. The first-order chi connectivity index (χ1) is 16.0. The molecule has 0 spiro atoms. The number of benzene rings is 2. The van der Waals surface area contributed by atoms with Crippen molar-refractivity contribution in [3.63, 3.8) is 0 Å². The van der Waals surface area contributed by atoms with Crippen molar-refractivity contribution in [2.24, 2.45) is 5.73 Å². The van der Waals surface area contributed by atoms with E-state index in [1.165, 1.54) is 0 Å². The smallest absolute Gasteiger partial charge is 0.248 e. The highest BCUT2D eigenvalue weighted by Gasteiger charge is 2.24. The number of rotatable bonds is 8. The number of carbonyl (C=O) groups excluding carboxylic acids is 1. The van der Waals surface area contributed by atoms with Crippen LogP contribution in [0.25, 0.3) is 11.1 Å². The molecule has 0 saturated carbocycles. The van der Waals surface area contributed by atoms with Crippen LogP contribution in [0.15, 0.2) is 54.9 Å². The number of nitrogens with two attached hydrogens (primary N) is 1. The summed E-state index contributed by atoms with van der Waals surface area (Å²) in [4.78, 5) is 22.9. The second-order valence-electron chi connectivity index (χ2n) is 8.06. The Bertz CT molecular complexity index is 1080. The molecule has 0 atom stereocenters. The van der Waals surface area contributed by atoms with E-state index in [2.05, 4.69) is 20.2 Å². The third kappa shape index (κ3) is 5.40. The minimum absolute atomic E-state index is 0.136. The molecule has 0 unspecified atom stereocenters. The molecule has 0 radical (unpaired) electrons. The molecule has 2 aromatic carbocycles.